The zero-order valence-electron chi connectivity index (χ0n) is 6.17. The van der Waals surface area contributed by atoms with E-state index in [9.17, 15) is 9.18 Å². The highest BCUT2D eigenvalue weighted by Crippen LogP contribution is 2.20. The number of hydrogen-bond donors (Lipinski definition) is 0. The van der Waals surface area contributed by atoms with Crippen molar-refractivity contribution in [2.24, 2.45) is 0 Å². The van der Waals surface area contributed by atoms with Crippen LogP contribution in [0.3, 0.4) is 0 Å². The maximum absolute atomic E-state index is 13.1. The molecule has 0 spiro atoms. The van der Waals surface area contributed by atoms with Gasteiger partial charge in [-0.1, -0.05) is 0 Å². The molecule has 1 aromatic rings. The van der Waals surface area contributed by atoms with Gasteiger partial charge in [0, 0.05) is 9.77 Å². The van der Waals surface area contributed by atoms with Crippen molar-refractivity contribution in [1.29, 1.82) is 0 Å². The molecule has 0 radical (unpaired) electrons. The molecule has 1 heterocycles. The van der Waals surface area contributed by atoms with Crippen LogP contribution in [0.25, 0.3) is 0 Å². The predicted molar refractivity (Wildman–Crippen MR) is 48.9 cm³/mol. The summed E-state index contributed by atoms with van der Waals surface area (Å²) in [7, 11) is 1.30. The number of ether oxygens (including phenoxy) is 1. The Morgan fingerprint density at radius 1 is 1.75 bits per heavy atom. The van der Waals surface area contributed by atoms with Gasteiger partial charge in [0.2, 0.25) is 0 Å². The number of nitrogens with zero attached hydrogens (tertiary/aromatic N) is 1. The SMILES string of the molecule is COc1ncc(I)c(C=O)c1F. The molecule has 1 rings (SSSR count). The van der Waals surface area contributed by atoms with Crippen LogP contribution in [-0.4, -0.2) is 18.4 Å². The van der Waals surface area contributed by atoms with Crippen LogP contribution in [0.1, 0.15) is 10.4 Å². The lowest BCUT2D eigenvalue weighted by Gasteiger charge is -2.02. The van der Waals surface area contributed by atoms with Crippen molar-refractivity contribution >= 4 is 28.9 Å². The van der Waals surface area contributed by atoms with E-state index in [0.29, 0.717) is 9.86 Å². The average molecular weight is 281 g/mol. The molecule has 0 atom stereocenters. The first-order valence-corrected chi connectivity index (χ1v) is 4.11. The van der Waals surface area contributed by atoms with Crippen LogP contribution in [0.15, 0.2) is 6.20 Å². The fourth-order valence-corrected chi connectivity index (χ4v) is 1.22. The topological polar surface area (TPSA) is 39.2 Å². The zero-order valence-corrected chi connectivity index (χ0v) is 8.33. The lowest BCUT2D eigenvalue weighted by molar-refractivity contribution is 0.111. The summed E-state index contributed by atoms with van der Waals surface area (Å²) in [6.07, 6.45) is 1.83. The molecule has 0 aromatic carbocycles. The first-order chi connectivity index (χ1) is 5.70. The molecular formula is C7H5FINO2. The van der Waals surface area contributed by atoms with Gasteiger partial charge < -0.3 is 4.74 Å². The Morgan fingerprint density at radius 3 is 2.92 bits per heavy atom. The maximum Gasteiger partial charge on any atom is 0.250 e. The molecule has 0 bridgehead atoms. The first-order valence-electron chi connectivity index (χ1n) is 3.04. The normalized spacial score (nSPS) is 9.58. The number of carbonyl (C=O) groups excluding carboxylic acids is 1. The van der Waals surface area contributed by atoms with E-state index in [-0.39, 0.29) is 11.4 Å². The lowest BCUT2D eigenvalue weighted by Crippen LogP contribution is -1.99. The summed E-state index contributed by atoms with van der Waals surface area (Å²) >= 11 is 1.83. The van der Waals surface area contributed by atoms with E-state index < -0.39 is 5.82 Å². The van der Waals surface area contributed by atoms with Gasteiger partial charge in [-0.15, -0.1) is 0 Å². The highest BCUT2D eigenvalue weighted by atomic mass is 127. The fraction of sp³-hybridized carbons (Fsp3) is 0.143. The monoisotopic (exact) mass is 281 g/mol. The van der Waals surface area contributed by atoms with Crippen molar-refractivity contribution in [3.05, 3.63) is 21.1 Å². The first kappa shape index (κ1) is 9.37. The van der Waals surface area contributed by atoms with Crippen molar-refractivity contribution in [2.75, 3.05) is 7.11 Å². The molecule has 12 heavy (non-hydrogen) atoms. The van der Waals surface area contributed by atoms with Crippen LogP contribution in [0.2, 0.25) is 0 Å². The van der Waals surface area contributed by atoms with Gasteiger partial charge in [-0.25, -0.2) is 9.37 Å². The second-order valence-corrected chi connectivity index (χ2v) is 3.12. The van der Waals surface area contributed by atoms with Gasteiger partial charge in [0.15, 0.2) is 12.1 Å². The third-order valence-corrected chi connectivity index (χ3v) is 2.15. The molecule has 64 valence electrons. The number of carbonyl (C=O) groups is 1. The average Bonchev–Trinajstić information content (AvgIpc) is 2.06. The lowest BCUT2D eigenvalue weighted by atomic mass is 10.3. The molecule has 0 unspecified atom stereocenters. The molecule has 0 aliphatic carbocycles. The third-order valence-electron chi connectivity index (χ3n) is 1.29. The van der Waals surface area contributed by atoms with E-state index in [1.165, 1.54) is 13.3 Å². The van der Waals surface area contributed by atoms with Crippen molar-refractivity contribution in [3.8, 4) is 5.88 Å². The van der Waals surface area contributed by atoms with E-state index >= 15 is 0 Å². The van der Waals surface area contributed by atoms with Gasteiger partial charge in [-0.05, 0) is 22.6 Å². The molecule has 5 heteroatoms. The number of aromatic nitrogens is 1. The summed E-state index contributed by atoms with van der Waals surface area (Å²) in [4.78, 5) is 14.0. The van der Waals surface area contributed by atoms with Gasteiger partial charge in [0.1, 0.15) is 0 Å². The van der Waals surface area contributed by atoms with Gasteiger partial charge in [-0.2, -0.15) is 0 Å². The maximum atomic E-state index is 13.1. The second kappa shape index (κ2) is 3.79. The number of halogens is 2. The highest BCUT2D eigenvalue weighted by Gasteiger charge is 2.12. The molecule has 0 saturated carbocycles. The Hall–Kier alpha value is -0.720. The minimum absolute atomic E-state index is 0.0116. The van der Waals surface area contributed by atoms with Gasteiger partial charge in [-0.3, -0.25) is 4.79 Å². The van der Waals surface area contributed by atoms with E-state index in [0.717, 1.165) is 0 Å². The largest absolute Gasteiger partial charge is 0.479 e. The van der Waals surface area contributed by atoms with Crippen LogP contribution < -0.4 is 4.74 Å². The van der Waals surface area contributed by atoms with Crippen LogP contribution in [0.4, 0.5) is 4.39 Å². The van der Waals surface area contributed by atoms with Gasteiger partial charge in [0.05, 0.1) is 12.7 Å². The molecule has 1 aromatic heterocycles. The second-order valence-electron chi connectivity index (χ2n) is 1.96. The summed E-state index contributed by atoms with van der Waals surface area (Å²) < 4.78 is 18.2. The van der Waals surface area contributed by atoms with Crippen LogP contribution in [0.5, 0.6) is 5.88 Å². The molecule has 0 N–H and O–H groups in total. The molecule has 0 amide bonds. The number of rotatable bonds is 2. The minimum Gasteiger partial charge on any atom is -0.479 e. The summed E-state index contributed by atoms with van der Waals surface area (Å²) in [5.74, 6) is -0.864. The summed E-state index contributed by atoms with van der Waals surface area (Å²) in [6, 6.07) is 0. The Morgan fingerprint density at radius 2 is 2.42 bits per heavy atom. The number of methoxy groups -OCH3 is 1. The highest BCUT2D eigenvalue weighted by molar-refractivity contribution is 14.1. The van der Waals surface area contributed by atoms with E-state index in [1.54, 1.807) is 0 Å². The Bertz CT molecular complexity index is 317. The summed E-state index contributed by atoms with van der Waals surface area (Å²) in [6.45, 7) is 0. The number of pyridine rings is 1. The molecule has 0 aliphatic heterocycles. The van der Waals surface area contributed by atoms with E-state index in [2.05, 4.69) is 9.72 Å². The molecule has 0 saturated heterocycles. The number of hydrogen-bond acceptors (Lipinski definition) is 3. The zero-order chi connectivity index (χ0) is 9.14. The molecule has 0 aliphatic rings. The Labute approximate surface area is 82.1 Å². The van der Waals surface area contributed by atoms with Crippen molar-refractivity contribution in [2.45, 2.75) is 0 Å². The number of aldehydes is 1. The summed E-state index contributed by atoms with van der Waals surface area (Å²) in [5.41, 5.74) is -0.0116. The van der Waals surface area contributed by atoms with Crippen molar-refractivity contribution in [3.63, 3.8) is 0 Å². The van der Waals surface area contributed by atoms with Gasteiger partial charge in [0.25, 0.3) is 5.88 Å². The predicted octanol–water partition coefficient (Wildman–Crippen LogP) is 1.65. The van der Waals surface area contributed by atoms with E-state index in [1.807, 2.05) is 22.6 Å². The van der Waals surface area contributed by atoms with Crippen LogP contribution >= 0.6 is 22.6 Å². The Kier molecular flexibility index (Phi) is 2.96. The molecular weight excluding hydrogens is 276 g/mol. The fourth-order valence-electron chi connectivity index (χ4n) is 0.712. The minimum atomic E-state index is -0.709. The Balaban J connectivity index is 3.33. The van der Waals surface area contributed by atoms with Gasteiger partial charge >= 0.3 is 0 Å². The molecule has 0 fully saturated rings. The summed E-state index contributed by atoms with van der Waals surface area (Å²) in [5, 5.41) is 0. The van der Waals surface area contributed by atoms with Crippen molar-refractivity contribution < 1.29 is 13.9 Å². The quantitative estimate of drug-likeness (QED) is 0.611. The van der Waals surface area contributed by atoms with Crippen LogP contribution in [-0.2, 0) is 0 Å². The smallest absolute Gasteiger partial charge is 0.250 e. The third kappa shape index (κ3) is 1.55. The standard InChI is InChI=1S/C7H5FINO2/c1-12-7-6(8)4(3-11)5(9)2-10-7/h2-3H,1H3. The molecule has 3 nitrogen and oxygen atoms in total. The van der Waals surface area contributed by atoms with E-state index in [4.69, 9.17) is 0 Å². The van der Waals surface area contributed by atoms with Crippen LogP contribution in [0, 0.1) is 9.39 Å². The van der Waals surface area contributed by atoms with Crippen molar-refractivity contribution in [1.82, 2.24) is 4.98 Å².